The van der Waals surface area contributed by atoms with Gasteiger partial charge in [-0.05, 0) is 51.4 Å². The van der Waals surface area contributed by atoms with Crippen molar-refractivity contribution in [2.75, 3.05) is 40.9 Å². The van der Waals surface area contributed by atoms with Gasteiger partial charge >= 0.3 is 7.82 Å². The van der Waals surface area contributed by atoms with E-state index in [2.05, 4.69) is 43.5 Å². The number of carbonyl (C=O) groups is 1. The second-order valence-electron chi connectivity index (χ2n) is 19.6. The number of carbonyl (C=O) groups excluding carboxylic acids is 1. The second-order valence-corrected chi connectivity index (χ2v) is 21.1. The van der Waals surface area contributed by atoms with Gasteiger partial charge in [0.15, 0.2) is 0 Å². The number of phosphoric acid groups is 1. The van der Waals surface area contributed by atoms with Crippen LogP contribution in [0.25, 0.3) is 0 Å². The number of aliphatic hydroxyl groups excluding tert-OH is 1. The zero-order chi connectivity index (χ0) is 46.4. The van der Waals surface area contributed by atoms with Crippen LogP contribution in [0.3, 0.4) is 0 Å². The largest absolute Gasteiger partial charge is 0.472 e. The number of phosphoric ester groups is 1. The molecule has 0 aliphatic heterocycles. The molecule has 3 unspecified atom stereocenters. The Morgan fingerprint density at radius 2 is 0.905 bits per heavy atom. The minimum atomic E-state index is -4.34. The molecule has 372 valence electrons. The van der Waals surface area contributed by atoms with Gasteiger partial charge in [-0.3, -0.25) is 13.8 Å². The molecule has 3 N–H and O–H groups in total. The Kier molecular flexibility index (Phi) is 44.9. The zero-order valence-electron chi connectivity index (χ0n) is 42.3. The number of amides is 1. The Balaban J connectivity index is 4.22. The van der Waals surface area contributed by atoms with E-state index in [9.17, 15) is 19.4 Å². The van der Waals surface area contributed by atoms with Gasteiger partial charge in [-0.15, -0.1) is 0 Å². The highest BCUT2D eigenvalue weighted by molar-refractivity contribution is 7.47. The number of nitrogens with zero attached hydrogens (tertiary/aromatic N) is 1. The number of quaternary nitrogens is 1. The topological polar surface area (TPSA) is 105 Å². The van der Waals surface area contributed by atoms with Gasteiger partial charge < -0.3 is 19.8 Å². The highest BCUT2D eigenvalue weighted by atomic mass is 31.2. The van der Waals surface area contributed by atoms with Crippen LogP contribution in [0, 0.1) is 0 Å². The first-order chi connectivity index (χ1) is 30.5. The third kappa shape index (κ3) is 48.5. The fraction of sp³-hybridized carbons (Fsp3) is 0.870. The summed E-state index contributed by atoms with van der Waals surface area (Å²) in [6.45, 7) is 4.82. The normalized spacial score (nSPS) is 14.3. The molecule has 8 nitrogen and oxygen atoms in total. The van der Waals surface area contributed by atoms with Crippen LogP contribution < -0.4 is 5.32 Å². The van der Waals surface area contributed by atoms with E-state index < -0.39 is 20.0 Å². The highest BCUT2D eigenvalue weighted by Gasteiger charge is 2.27. The predicted molar refractivity (Wildman–Crippen MR) is 272 cm³/mol. The van der Waals surface area contributed by atoms with Crippen LogP contribution in [0.4, 0.5) is 0 Å². The Morgan fingerprint density at radius 3 is 1.30 bits per heavy atom. The summed E-state index contributed by atoms with van der Waals surface area (Å²) in [5.41, 5.74) is 0. The van der Waals surface area contributed by atoms with Gasteiger partial charge in [0, 0.05) is 6.42 Å². The summed E-state index contributed by atoms with van der Waals surface area (Å²) in [6.07, 6.45) is 58.0. The van der Waals surface area contributed by atoms with Crippen molar-refractivity contribution in [1.82, 2.24) is 5.32 Å². The average Bonchev–Trinajstić information content (AvgIpc) is 3.24. The van der Waals surface area contributed by atoms with Crippen LogP contribution in [0.1, 0.15) is 251 Å². The Labute approximate surface area is 391 Å². The van der Waals surface area contributed by atoms with Crippen molar-refractivity contribution in [2.45, 2.75) is 264 Å². The van der Waals surface area contributed by atoms with Crippen LogP contribution in [-0.2, 0) is 18.4 Å². The number of likely N-dealkylation sites (N-methyl/N-ethyl adjacent to an activating group) is 1. The molecule has 63 heavy (non-hydrogen) atoms. The molecule has 0 radical (unpaired) electrons. The molecule has 0 aliphatic rings. The molecule has 0 rings (SSSR count). The average molecular weight is 910 g/mol. The van der Waals surface area contributed by atoms with E-state index in [4.69, 9.17) is 9.05 Å². The number of hydrogen-bond acceptors (Lipinski definition) is 5. The standard InChI is InChI=1S/C54H105N2O6P/c1-6-8-10-12-14-16-18-20-22-24-25-26-27-28-29-30-31-32-34-36-38-40-42-44-46-48-54(58)55-52(51-62-63(59,60)61-50-49-56(3,4)5)53(57)47-45-43-41-39-37-35-33-23-21-19-17-15-13-11-9-7-2/h18,20,24-25,45,47,52-53,57H,6-17,19,21-23,26-44,46,48-51H2,1-5H3,(H-,55,58,59,60)/p+1/b20-18-,25-24-,47-45+. The molecule has 0 aromatic heterocycles. The van der Waals surface area contributed by atoms with E-state index in [1.165, 1.54) is 186 Å². The quantitative estimate of drug-likeness (QED) is 0.0243. The fourth-order valence-corrected chi connectivity index (χ4v) is 8.57. The number of unbranched alkanes of at least 4 members (excludes halogenated alkanes) is 32. The summed E-state index contributed by atoms with van der Waals surface area (Å²) in [7, 11) is 1.58. The van der Waals surface area contributed by atoms with Crippen molar-refractivity contribution in [3.05, 3.63) is 36.5 Å². The summed E-state index contributed by atoms with van der Waals surface area (Å²) in [5, 5.41) is 13.9. The molecule has 0 aromatic rings. The first-order valence-corrected chi connectivity index (χ1v) is 28.4. The SMILES string of the molecule is CCCCCCC/C=C\C/C=C\CCCCCCCCCCCCCCCC(=O)NC(COP(=O)(O)OCC[N+](C)(C)C)C(O)/C=C/CCCCCCCCCCCCCCCC. The van der Waals surface area contributed by atoms with Crippen molar-refractivity contribution >= 4 is 13.7 Å². The summed E-state index contributed by atoms with van der Waals surface area (Å²) < 4.78 is 23.7. The summed E-state index contributed by atoms with van der Waals surface area (Å²) in [5.74, 6) is -0.176. The summed E-state index contributed by atoms with van der Waals surface area (Å²) >= 11 is 0. The summed E-state index contributed by atoms with van der Waals surface area (Å²) in [4.78, 5) is 23.2. The molecule has 1 amide bonds. The molecule has 0 bridgehead atoms. The molecule has 0 saturated heterocycles. The number of rotatable bonds is 49. The molecule has 0 heterocycles. The zero-order valence-corrected chi connectivity index (χ0v) is 43.2. The maximum Gasteiger partial charge on any atom is 0.472 e. The van der Waals surface area contributed by atoms with Gasteiger partial charge in [0.25, 0.3) is 0 Å². The van der Waals surface area contributed by atoms with Crippen LogP contribution >= 0.6 is 7.82 Å². The lowest BCUT2D eigenvalue weighted by Gasteiger charge is -2.25. The molecule has 9 heteroatoms. The number of allylic oxidation sites excluding steroid dienone is 5. The molecule has 0 aromatic carbocycles. The van der Waals surface area contributed by atoms with E-state index in [0.717, 1.165) is 44.9 Å². The Hall–Kier alpha value is -1.28. The van der Waals surface area contributed by atoms with Crippen LogP contribution in [0.5, 0.6) is 0 Å². The lowest BCUT2D eigenvalue weighted by atomic mass is 10.0. The van der Waals surface area contributed by atoms with E-state index in [1.807, 2.05) is 27.2 Å². The van der Waals surface area contributed by atoms with E-state index in [0.29, 0.717) is 17.4 Å². The predicted octanol–water partition coefficient (Wildman–Crippen LogP) is 15.8. The lowest BCUT2D eigenvalue weighted by Crippen LogP contribution is -2.45. The van der Waals surface area contributed by atoms with Crippen molar-refractivity contribution < 1.29 is 32.9 Å². The lowest BCUT2D eigenvalue weighted by molar-refractivity contribution is -0.870. The maximum absolute atomic E-state index is 12.9. The van der Waals surface area contributed by atoms with E-state index >= 15 is 0 Å². The van der Waals surface area contributed by atoms with E-state index in [1.54, 1.807) is 6.08 Å². The third-order valence-electron chi connectivity index (χ3n) is 12.1. The number of aliphatic hydroxyl groups is 1. The molecular formula is C54H106N2O6P+. The number of hydrogen-bond donors (Lipinski definition) is 3. The highest BCUT2D eigenvalue weighted by Crippen LogP contribution is 2.43. The van der Waals surface area contributed by atoms with Crippen molar-refractivity contribution in [2.24, 2.45) is 0 Å². The Morgan fingerprint density at radius 1 is 0.540 bits per heavy atom. The monoisotopic (exact) mass is 910 g/mol. The van der Waals surface area contributed by atoms with Crippen molar-refractivity contribution in [1.29, 1.82) is 0 Å². The van der Waals surface area contributed by atoms with Gasteiger partial charge in [0.2, 0.25) is 5.91 Å². The van der Waals surface area contributed by atoms with Gasteiger partial charge in [-0.1, -0.05) is 230 Å². The second kappa shape index (κ2) is 45.9. The summed E-state index contributed by atoms with van der Waals surface area (Å²) in [6, 6.07) is -0.846. The fourth-order valence-electron chi connectivity index (χ4n) is 7.84. The van der Waals surface area contributed by atoms with Crippen molar-refractivity contribution in [3.8, 4) is 0 Å². The molecule has 0 spiro atoms. The smallest absolute Gasteiger partial charge is 0.387 e. The first-order valence-electron chi connectivity index (χ1n) is 26.9. The molecule has 0 aliphatic carbocycles. The molecular weight excluding hydrogens is 804 g/mol. The van der Waals surface area contributed by atoms with Crippen LogP contribution in [-0.4, -0.2) is 73.4 Å². The van der Waals surface area contributed by atoms with Crippen LogP contribution in [0.15, 0.2) is 36.5 Å². The van der Waals surface area contributed by atoms with Gasteiger partial charge in [0.1, 0.15) is 13.2 Å². The van der Waals surface area contributed by atoms with Gasteiger partial charge in [-0.2, -0.15) is 0 Å². The Bertz CT molecular complexity index is 1120. The first kappa shape index (κ1) is 61.7. The molecule has 3 atom stereocenters. The van der Waals surface area contributed by atoms with Crippen molar-refractivity contribution in [3.63, 3.8) is 0 Å². The minimum Gasteiger partial charge on any atom is -0.387 e. The number of nitrogens with one attached hydrogen (secondary N) is 1. The van der Waals surface area contributed by atoms with E-state index in [-0.39, 0.29) is 19.1 Å². The van der Waals surface area contributed by atoms with Gasteiger partial charge in [-0.25, -0.2) is 4.57 Å². The molecule has 0 saturated carbocycles. The van der Waals surface area contributed by atoms with Crippen LogP contribution in [0.2, 0.25) is 0 Å². The minimum absolute atomic E-state index is 0.0620. The molecule has 0 fully saturated rings. The van der Waals surface area contributed by atoms with Gasteiger partial charge in [0.05, 0.1) is 39.9 Å². The maximum atomic E-state index is 12.9. The third-order valence-corrected chi connectivity index (χ3v) is 13.1.